The molecule has 4 heteroatoms. The number of hydrogen-bond donors (Lipinski definition) is 4. The van der Waals surface area contributed by atoms with Crippen LogP contribution in [-0.2, 0) is 0 Å². The molecule has 0 radical (unpaired) electrons. The van der Waals surface area contributed by atoms with E-state index < -0.39 is 0 Å². The molecule has 0 aliphatic heterocycles. The molecule has 0 aromatic rings. The number of thiol groups is 4. The summed E-state index contributed by atoms with van der Waals surface area (Å²) in [6.07, 6.45) is 2.28. The lowest BCUT2D eigenvalue weighted by Gasteiger charge is -2.03. The smallest absolute Gasteiger partial charge is 0.0102 e. The Kier molecular flexibility index (Phi) is 14.8. The molecule has 0 nitrogen and oxygen atoms in total. The molecule has 0 amide bonds. The SMILES string of the molecule is CC(S)C(C)S.CCC(S)CCS. The second-order valence-corrected chi connectivity index (χ2v) is 5.86. The van der Waals surface area contributed by atoms with Crippen LogP contribution in [-0.4, -0.2) is 21.5 Å². The molecule has 3 atom stereocenters. The highest BCUT2D eigenvalue weighted by molar-refractivity contribution is 7.85. The standard InChI is InChI=1S/C5H12S2.C4H10S2/c1-2-5(7)3-4-6;1-3(5)4(2)6/h5-7H,2-4H2,1H3;3-6H,1-2H3. The third-order valence-electron chi connectivity index (χ3n) is 1.63. The van der Waals surface area contributed by atoms with Gasteiger partial charge in [-0.2, -0.15) is 50.5 Å². The molecule has 0 N–H and O–H groups in total. The Balaban J connectivity index is 0. The van der Waals surface area contributed by atoms with E-state index in [0.717, 1.165) is 18.6 Å². The fraction of sp³-hybridized carbons (Fsp3) is 1.00. The van der Waals surface area contributed by atoms with Crippen LogP contribution in [0.1, 0.15) is 33.6 Å². The van der Waals surface area contributed by atoms with E-state index in [9.17, 15) is 0 Å². The fourth-order valence-electron chi connectivity index (χ4n) is 0.353. The minimum Gasteiger partial charge on any atom is -0.179 e. The average molecular weight is 259 g/mol. The van der Waals surface area contributed by atoms with E-state index in [-0.39, 0.29) is 0 Å². The highest BCUT2D eigenvalue weighted by Crippen LogP contribution is 2.05. The van der Waals surface area contributed by atoms with E-state index in [2.05, 4.69) is 57.4 Å². The molecule has 0 aromatic heterocycles. The summed E-state index contributed by atoms with van der Waals surface area (Å²) in [6, 6.07) is 0. The fourth-order valence-corrected chi connectivity index (χ4v) is 0.998. The zero-order valence-electron chi connectivity index (χ0n) is 8.64. The van der Waals surface area contributed by atoms with Gasteiger partial charge in [0.05, 0.1) is 0 Å². The lowest BCUT2D eigenvalue weighted by atomic mass is 10.3. The van der Waals surface area contributed by atoms with Crippen LogP contribution in [0.3, 0.4) is 0 Å². The molecule has 0 spiro atoms. The minimum absolute atomic E-state index is 0.410. The largest absolute Gasteiger partial charge is 0.179 e. The van der Waals surface area contributed by atoms with Crippen LogP contribution in [0.4, 0.5) is 0 Å². The van der Waals surface area contributed by atoms with Crippen molar-refractivity contribution in [1.82, 2.24) is 0 Å². The molecular weight excluding hydrogens is 236 g/mol. The topological polar surface area (TPSA) is 0 Å². The molecule has 82 valence electrons. The van der Waals surface area contributed by atoms with Crippen LogP contribution in [0.2, 0.25) is 0 Å². The normalized spacial score (nSPS) is 16.8. The van der Waals surface area contributed by atoms with Gasteiger partial charge in [0, 0.05) is 15.7 Å². The van der Waals surface area contributed by atoms with Gasteiger partial charge in [-0.1, -0.05) is 20.8 Å². The van der Waals surface area contributed by atoms with Crippen LogP contribution in [0.5, 0.6) is 0 Å². The van der Waals surface area contributed by atoms with Gasteiger partial charge in [-0.15, -0.1) is 0 Å². The van der Waals surface area contributed by atoms with Crippen molar-refractivity contribution >= 4 is 50.5 Å². The van der Waals surface area contributed by atoms with Crippen LogP contribution < -0.4 is 0 Å². The van der Waals surface area contributed by atoms with Gasteiger partial charge in [0.25, 0.3) is 0 Å². The van der Waals surface area contributed by atoms with E-state index in [4.69, 9.17) is 0 Å². The lowest BCUT2D eigenvalue weighted by molar-refractivity contribution is 0.806. The van der Waals surface area contributed by atoms with Gasteiger partial charge >= 0.3 is 0 Å². The molecule has 0 rings (SSSR count). The Morgan fingerprint density at radius 3 is 1.46 bits per heavy atom. The van der Waals surface area contributed by atoms with Gasteiger partial charge in [0.2, 0.25) is 0 Å². The molecule has 0 saturated carbocycles. The summed E-state index contributed by atoms with van der Waals surface area (Å²) < 4.78 is 0. The first-order valence-corrected chi connectivity index (χ1v) is 6.78. The predicted octanol–water partition coefficient (Wildman–Crippen LogP) is 3.64. The Hall–Kier alpha value is 1.40. The van der Waals surface area contributed by atoms with Crippen molar-refractivity contribution < 1.29 is 0 Å². The Bertz CT molecular complexity index is 87.6. The Labute approximate surface area is 105 Å². The Morgan fingerprint density at radius 1 is 1.00 bits per heavy atom. The zero-order chi connectivity index (χ0) is 10.9. The molecule has 13 heavy (non-hydrogen) atoms. The minimum atomic E-state index is 0.410. The maximum atomic E-state index is 4.26. The zero-order valence-corrected chi connectivity index (χ0v) is 12.2. The number of rotatable bonds is 4. The molecule has 0 heterocycles. The van der Waals surface area contributed by atoms with Crippen LogP contribution >= 0.6 is 50.5 Å². The summed E-state index contributed by atoms with van der Waals surface area (Å²) in [4.78, 5) is 0. The maximum absolute atomic E-state index is 4.26. The first-order valence-electron chi connectivity index (χ1n) is 4.60. The first-order chi connectivity index (χ1) is 5.95. The van der Waals surface area contributed by atoms with Crippen molar-refractivity contribution in [2.24, 2.45) is 0 Å². The second kappa shape index (κ2) is 11.5. The van der Waals surface area contributed by atoms with Crippen molar-refractivity contribution in [3.63, 3.8) is 0 Å². The van der Waals surface area contributed by atoms with E-state index in [0.29, 0.717) is 15.7 Å². The molecule has 3 unspecified atom stereocenters. The molecule has 0 aromatic carbocycles. The van der Waals surface area contributed by atoms with Crippen LogP contribution in [0, 0.1) is 0 Å². The van der Waals surface area contributed by atoms with Crippen LogP contribution in [0.15, 0.2) is 0 Å². The quantitative estimate of drug-likeness (QED) is 0.544. The lowest BCUT2D eigenvalue weighted by Crippen LogP contribution is -2.04. The molecule has 0 bridgehead atoms. The van der Waals surface area contributed by atoms with Gasteiger partial charge in [0.15, 0.2) is 0 Å². The molecule has 0 saturated heterocycles. The second-order valence-electron chi connectivity index (χ2n) is 3.06. The van der Waals surface area contributed by atoms with E-state index in [1.165, 1.54) is 0 Å². The average Bonchev–Trinajstić information content (AvgIpc) is 2.05. The van der Waals surface area contributed by atoms with Gasteiger partial charge in [-0.25, -0.2) is 0 Å². The Morgan fingerprint density at radius 2 is 1.38 bits per heavy atom. The third-order valence-corrected chi connectivity index (χ3v) is 3.64. The molecule has 0 fully saturated rings. The van der Waals surface area contributed by atoms with Crippen molar-refractivity contribution in [2.75, 3.05) is 5.75 Å². The number of hydrogen-bond acceptors (Lipinski definition) is 4. The van der Waals surface area contributed by atoms with Gasteiger partial charge in [-0.05, 0) is 18.6 Å². The van der Waals surface area contributed by atoms with Crippen molar-refractivity contribution in [1.29, 1.82) is 0 Å². The van der Waals surface area contributed by atoms with Crippen LogP contribution in [0.25, 0.3) is 0 Å². The maximum Gasteiger partial charge on any atom is 0.0102 e. The van der Waals surface area contributed by atoms with Gasteiger partial charge in [0.1, 0.15) is 0 Å². The molecule has 0 aliphatic rings. The molecular formula is C9H22S4. The summed E-state index contributed by atoms with van der Waals surface area (Å²) in [5, 5.41) is 1.39. The van der Waals surface area contributed by atoms with Crippen molar-refractivity contribution in [3.05, 3.63) is 0 Å². The predicted molar refractivity (Wildman–Crippen MR) is 78.4 cm³/mol. The van der Waals surface area contributed by atoms with Crippen molar-refractivity contribution in [3.8, 4) is 0 Å². The molecule has 0 aliphatic carbocycles. The summed E-state index contributed by atoms with van der Waals surface area (Å²) in [7, 11) is 0. The van der Waals surface area contributed by atoms with E-state index >= 15 is 0 Å². The van der Waals surface area contributed by atoms with E-state index in [1.807, 2.05) is 13.8 Å². The monoisotopic (exact) mass is 258 g/mol. The van der Waals surface area contributed by atoms with Gasteiger partial charge < -0.3 is 0 Å². The van der Waals surface area contributed by atoms with E-state index in [1.54, 1.807) is 0 Å². The summed E-state index contributed by atoms with van der Waals surface area (Å²) in [5.41, 5.74) is 0. The summed E-state index contributed by atoms with van der Waals surface area (Å²) in [6.45, 7) is 6.20. The first kappa shape index (κ1) is 16.8. The van der Waals surface area contributed by atoms with Crippen molar-refractivity contribution in [2.45, 2.75) is 49.4 Å². The van der Waals surface area contributed by atoms with Gasteiger partial charge in [-0.3, -0.25) is 0 Å². The summed E-state index contributed by atoms with van der Waals surface area (Å²) >= 11 is 16.6. The highest BCUT2D eigenvalue weighted by Gasteiger charge is 1.97. The highest BCUT2D eigenvalue weighted by atomic mass is 32.1. The third kappa shape index (κ3) is 16.1. The summed E-state index contributed by atoms with van der Waals surface area (Å²) in [5.74, 6) is 0.960.